The van der Waals surface area contributed by atoms with Crippen molar-refractivity contribution in [3.05, 3.63) is 70.0 Å². The molecule has 0 saturated carbocycles. The van der Waals surface area contributed by atoms with Gasteiger partial charge in [0.15, 0.2) is 0 Å². The van der Waals surface area contributed by atoms with E-state index in [-0.39, 0.29) is 49.8 Å². The molecule has 1 aliphatic rings. The van der Waals surface area contributed by atoms with E-state index in [1.165, 1.54) is 23.1 Å². The summed E-state index contributed by atoms with van der Waals surface area (Å²) >= 11 is 0. The third-order valence-corrected chi connectivity index (χ3v) is 5.62. The summed E-state index contributed by atoms with van der Waals surface area (Å²) in [6, 6.07) is 3.96. The lowest BCUT2D eigenvalue weighted by Gasteiger charge is -2.36. The van der Waals surface area contributed by atoms with E-state index in [4.69, 9.17) is 0 Å². The summed E-state index contributed by atoms with van der Waals surface area (Å²) in [5.41, 5.74) is -1.96. The molecule has 11 heteroatoms. The number of carbonyl (C=O) groups is 2. The molecule has 2 amide bonds. The largest absolute Gasteiger partial charge is 0.416 e. The number of aryl methyl sites for hydroxylation is 1. The molecule has 1 N–H and O–H groups in total. The molecule has 0 radical (unpaired) electrons. The summed E-state index contributed by atoms with van der Waals surface area (Å²) < 4.78 is 91.6. The summed E-state index contributed by atoms with van der Waals surface area (Å²) in [6.45, 7) is 1.49. The van der Waals surface area contributed by atoms with E-state index < -0.39 is 41.4 Å². The molecule has 0 bridgehead atoms. The van der Waals surface area contributed by atoms with Crippen molar-refractivity contribution in [1.29, 1.82) is 0 Å². The fourth-order valence-corrected chi connectivity index (χ4v) is 3.94. The molecule has 1 unspecified atom stereocenters. The minimum atomic E-state index is -4.96. The maximum Gasteiger partial charge on any atom is 0.416 e. The number of ketones is 1. The summed E-state index contributed by atoms with van der Waals surface area (Å²) in [5.74, 6) is -0.555. The standard InChI is InChI=1S/C23H21F7N2O2/c1-13-8-17(24)2-3-19(13)20-12-18(33)5-7-32(20)21(34)31-6-4-14-9-15(22(25,26)27)11-16(10-14)23(28,29)30/h2-3,8-11,20H,4-7,12H2,1H3,(H,31,34). The number of urea groups is 1. The lowest BCUT2D eigenvalue weighted by Crippen LogP contribution is -2.47. The van der Waals surface area contributed by atoms with Crippen LogP contribution in [0.2, 0.25) is 0 Å². The molecular weight excluding hydrogens is 469 g/mol. The number of Topliss-reactive ketones (excluding diaryl/α,β-unsaturated/α-hetero) is 1. The number of rotatable bonds is 4. The van der Waals surface area contributed by atoms with Gasteiger partial charge in [-0.05, 0) is 60.4 Å². The molecule has 1 heterocycles. The number of carbonyl (C=O) groups excluding carboxylic acids is 2. The van der Waals surface area contributed by atoms with Gasteiger partial charge in [0.2, 0.25) is 0 Å². The number of nitrogens with one attached hydrogen (secondary N) is 1. The minimum Gasteiger partial charge on any atom is -0.338 e. The zero-order valence-electron chi connectivity index (χ0n) is 18.0. The monoisotopic (exact) mass is 490 g/mol. The number of piperidine rings is 1. The van der Waals surface area contributed by atoms with Gasteiger partial charge in [0.25, 0.3) is 0 Å². The Morgan fingerprint density at radius 2 is 1.65 bits per heavy atom. The highest BCUT2D eigenvalue weighted by molar-refractivity contribution is 5.84. The summed E-state index contributed by atoms with van der Waals surface area (Å²) in [4.78, 5) is 26.2. The van der Waals surface area contributed by atoms with Crippen molar-refractivity contribution in [3.8, 4) is 0 Å². The van der Waals surface area contributed by atoms with Crippen molar-refractivity contribution in [1.82, 2.24) is 10.2 Å². The SMILES string of the molecule is Cc1cc(F)ccc1C1CC(=O)CCN1C(=O)NCCc1cc(C(F)(F)F)cc(C(F)(F)F)c1. The average Bonchev–Trinajstić information content (AvgIpc) is 2.72. The van der Waals surface area contributed by atoms with E-state index in [1.54, 1.807) is 6.92 Å². The van der Waals surface area contributed by atoms with Gasteiger partial charge in [-0.1, -0.05) is 6.07 Å². The normalized spacial score (nSPS) is 17.1. The molecule has 1 fully saturated rings. The molecule has 1 saturated heterocycles. The van der Waals surface area contributed by atoms with Crippen LogP contribution in [0, 0.1) is 12.7 Å². The van der Waals surface area contributed by atoms with Crippen LogP contribution in [0.4, 0.5) is 35.5 Å². The molecule has 1 aliphatic heterocycles. The van der Waals surface area contributed by atoms with Crippen LogP contribution in [0.15, 0.2) is 36.4 Å². The van der Waals surface area contributed by atoms with Gasteiger partial charge in [-0.3, -0.25) is 4.79 Å². The van der Waals surface area contributed by atoms with Crippen LogP contribution in [-0.4, -0.2) is 29.8 Å². The second-order valence-electron chi connectivity index (χ2n) is 8.10. The van der Waals surface area contributed by atoms with Gasteiger partial charge in [0.05, 0.1) is 17.2 Å². The quantitative estimate of drug-likeness (QED) is 0.549. The van der Waals surface area contributed by atoms with E-state index in [2.05, 4.69) is 5.32 Å². The van der Waals surface area contributed by atoms with Crippen molar-refractivity contribution in [2.45, 2.75) is 44.6 Å². The molecular formula is C23H21F7N2O2. The highest BCUT2D eigenvalue weighted by atomic mass is 19.4. The molecule has 34 heavy (non-hydrogen) atoms. The van der Waals surface area contributed by atoms with Crippen LogP contribution in [0.25, 0.3) is 0 Å². The van der Waals surface area contributed by atoms with Crippen molar-refractivity contribution in [3.63, 3.8) is 0 Å². The summed E-state index contributed by atoms with van der Waals surface area (Å²) in [6.07, 6.45) is -10.1. The topological polar surface area (TPSA) is 49.4 Å². The van der Waals surface area contributed by atoms with Gasteiger partial charge in [-0.2, -0.15) is 26.3 Å². The van der Waals surface area contributed by atoms with Crippen molar-refractivity contribution in [2.75, 3.05) is 13.1 Å². The van der Waals surface area contributed by atoms with Crippen LogP contribution in [0.3, 0.4) is 0 Å². The fourth-order valence-electron chi connectivity index (χ4n) is 3.94. The zero-order chi connectivity index (χ0) is 25.3. The Bertz CT molecular complexity index is 1050. The van der Waals surface area contributed by atoms with Crippen LogP contribution in [-0.2, 0) is 23.6 Å². The first-order valence-electron chi connectivity index (χ1n) is 10.4. The van der Waals surface area contributed by atoms with Gasteiger partial charge in [-0.15, -0.1) is 0 Å². The lowest BCUT2D eigenvalue weighted by molar-refractivity contribution is -0.143. The van der Waals surface area contributed by atoms with Gasteiger partial charge in [-0.25, -0.2) is 9.18 Å². The lowest BCUT2D eigenvalue weighted by atomic mass is 9.92. The summed E-state index contributed by atoms with van der Waals surface area (Å²) in [5, 5.41) is 2.50. The Hall–Kier alpha value is -3.11. The predicted octanol–water partition coefficient (Wildman–Crippen LogP) is 5.83. The van der Waals surface area contributed by atoms with Crippen molar-refractivity contribution < 1.29 is 40.3 Å². The first-order chi connectivity index (χ1) is 15.8. The first-order valence-corrected chi connectivity index (χ1v) is 10.4. The number of likely N-dealkylation sites (tertiary alicyclic amines) is 1. The van der Waals surface area contributed by atoms with E-state index >= 15 is 0 Å². The van der Waals surface area contributed by atoms with Crippen molar-refractivity contribution in [2.24, 2.45) is 0 Å². The Balaban J connectivity index is 1.74. The zero-order valence-corrected chi connectivity index (χ0v) is 18.0. The van der Waals surface area contributed by atoms with Crippen LogP contribution >= 0.6 is 0 Å². The molecule has 3 rings (SSSR count). The van der Waals surface area contributed by atoms with Gasteiger partial charge < -0.3 is 10.2 Å². The van der Waals surface area contributed by atoms with Gasteiger partial charge in [0, 0.05) is 25.9 Å². The van der Waals surface area contributed by atoms with Crippen LogP contribution in [0.5, 0.6) is 0 Å². The average molecular weight is 490 g/mol. The molecule has 4 nitrogen and oxygen atoms in total. The maximum absolute atomic E-state index is 13.5. The maximum atomic E-state index is 13.5. The Kier molecular flexibility index (Phi) is 7.23. The predicted molar refractivity (Wildman–Crippen MR) is 108 cm³/mol. The number of hydrogen-bond acceptors (Lipinski definition) is 2. The molecule has 0 aliphatic carbocycles. The Labute approximate surface area is 190 Å². The molecule has 1 atom stereocenters. The minimum absolute atomic E-state index is 0.0163. The number of nitrogens with zero attached hydrogens (tertiary/aromatic N) is 1. The molecule has 2 aromatic rings. The first kappa shape index (κ1) is 25.5. The number of amides is 2. The Morgan fingerprint density at radius 3 is 2.21 bits per heavy atom. The highest BCUT2D eigenvalue weighted by Crippen LogP contribution is 2.36. The van der Waals surface area contributed by atoms with E-state index in [0.29, 0.717) is 23.3 Å². The Morgan fingerprint density at radius 1 is 1.03 bits per heavy atom. The van der Waals surface area contributed by atoms with E-state index in [1.807, 2.05) is 0 Å². The second kappa shape index (κ2) is 9.63. The molecule has 0 aromatic heterocycles. The number of alkyl halides is 6. The molecule has 2 aromatic carbocycles. The highest BCUT2D eigenvalue weighted by Gasteiger charge is 2.37. The number of hydrogen-bond donors (Lipinski definition) is 1. The third-order valence-electron chi connectivity index (χ3n) is 5.62. The van der Waals surface area contributed by atoms with E-state index in [0.717, 1.165) is 0 Å². The fraction of sp³-hybridized carbons (Fsp3) is 0.391. The van der Waals surface area contributed by atoms with Gasteiger partial charge >= 0.3 is 18.4 Å². The second-order valence-corrected chi connectivity index (χ2v) is 8.10. The third kappa shape index (κ3) is 6.06. The van der Waals surface area contributed by atoms with Crippen LogP contribution < -0.4 is 5.32 Å². The number of benzene rings is 2. The van der Waals surface area contributed by atoms with E-state index in [9.17, 15) is 40.3 Å². The molecule has 184 valence electrons. The van der Waals surface area contributed by atoms with Crippen molar-refractivity contribution >= 4 is 11.8 Å². The number of halogens is 7. The van der Waals surface area contributed by atoms with Crippen LogP contribution in [0.1, 0.15) is 46.7 Å². The smallest absolute Gasteiger partial charge is 0.338 e. The summed E-state index contributed by atoms with van der Waals surface area (Å²) in [7, 11) is 0. The molecule has 0 spiro atoms. The van der Waals surface area contributed by atoms with Gasteiger partial charge in [0.1, 0.15) is 11.6 Å².